The number of ether oxygens (including phenoxy) is 1. The molecule has 1 atom stereocenters. The van der Waals surface area contributed by atoms with Gasteiger partial charge >= 0.3 is 6.09 Å². The molecule has 0 bridgehead atoms. The lowest BCUT2D eigenvalue weighted by Gasteiger charge is -2.15. The number of nitrogens with zero attached hydrogens (tertiary/aromatic N) is 2. The number of anilines is 2. The summed E-state index contributed by atoms with van der Waals surface area (Å²) < 4.78 is 20.1. The van der Waals surface area contributed by atoms with Gasteiger partial charge in [0.1, 0.15) is 17.6 Å². The van der Waals surface area contributed by atoms with Crippen molar-refractivity contribution in [2.45, 2.75) is 19.6 Å². The third-order valence-electron chi connectivity index (χ3n) is 5.33. The highest BCUT2D eigenvalue weighted by molar-refractivity contribution is 5.95. The molecule has 0 unspecified atom stereocenters. The van der Waals surface area contributed by atoms with Crippen molar-refractivity contribution in [3.05, 3.63) is 65.9 Å². The Balaban J connectivity index is 1.42. The molecule has 10 nitrogen and oxygen atoms in total. The van der Waals surface area contributed by atoms with Crippen molar-refractivity contribution in [1.82, 2.24) is 15.3 Å². The molecular formula is C23H23FN6O4. The number of cyclic esters (lactones) is 1. The molecule has 5 N–H and O–H groups in total. The summed E-state index contributed by atoms with van der Waals surface area (Å²) in [7, 11) is 0. The normalized spacial score (nSPS) is 15.2. The van der Waals surface area contributed by atoms with Crippen LogP contribution >= 0.6 is 0 Å². The summed E-state index contributed by atoms with van der Waals surface area (Å²) in [5, 5.41) is 5.64. The maximum Gasteiger partial charge on any atom is 0.414 e. The highest BCUT2D eigenvalue weighted by Crippen LogP contribution is 2.29. The lowest BCUT2D eigenvalue weighted by molar-refractivity contribution is -0.119. The number of halogens is 1. The van der Waals surface area contributed by atoms with Crippen LogP contribution in [0.2, 0.25) is 0 Å². The zero-order valence-electron chi connectivity index (χ0n) is 18.3. The van der Waals surface area contributed by atoms with Crippen LogP contribution < -0.4 is 21.3 Å². The summed E-state index contributed by atoms with van der Waals surface area (Å²) in [5.41, 5.74) is 7.80. The number of primary amides is 1. The highest BCUT2D eigenvalue weighted by atomic mass is 19.1. The van der Waals surface area contributed by atoms with Gasteiger partial charge < -0.3 is 26.1 Å². The summed E-state index contributed by atoms with van der Waals surface area (Å²) in [6.45, 7) is 2.19. The Morgan fingerprint density at radius 3 is 2.71 bits per heavy atom. The Morgan fingerprint density at radius 2 is 2.03 bits per heavy atom. The molecule has 3 aromatic rings. The Bertz CT molecular complexity index is 1230. The number of rotatable bonds is 8. The Hall–Kier alpha value is -4.41. The average Bonchev–Trinajstić information content (AvgIpc) is 3.43. The summed E-state index contributed by atoms with van der Waals surface area (Å²) in [6.07, 6.45) is 0.291. The first-order valence-electron chi connectivity index (χ1n) is 10.5. The number of amides is 3. The van der Waals surface area contributed by atoms with E-state index in [4.69, 9.17) is 10.5 Å². The van der Waals surface area contributed by atoms with E-state index in [9.17, 15) is 18.8 Å². The van der Waals surface area contributed by atoms with Crippen molar-refractivity contribution in [3.8, 4) is 11.1 Å². The molecule has 1 saturated heterocycles. The predicted molar refractivity (Wildman–Crippen MR) is 123 cm³/mol. The number of aromatic amines is 1. The summed E-state index contributed by atoms with van der Waals surface area (Å²) in [4.78, 5) is 42.6. The Morgan fingerprint density at radius 1 is 1.26 bits per heavy atom. The van der Waals surface area contributed by atoms with Gasteiger partial charge in [0, 0.05) is 19.0 Å². The number of H-pyrrole nitrogens is 1. The molecule has 0 saturated carbocycles. The van der Waals surface area contributed by atoms with Gasteiger partial charge in [-0.05, 0) is 29.3 Å². The van der Waals surface area contributed by atoms with Gasteiger partial charge in [0.2, 0.25) is 5.91 Å². The maximum absolute atomic E-state index is 14.9. The van der Waals surface area contributed by atoms with Crippen LogP contribution in [-0.2, 0) is 16.1 Å². The Labute approximate surface area is 194 Å². The summed E-state index contributed by atoms with van der Waals surface area (Å²) >= 11 is 0. The van der Waals surface area contributed by atoms with Crippen molar-refractivity contribution in [2.24, 2.45) is 5.73 Å². The number of hydrogen-bond donors (Lipinski definition) is 4. The van der Waals surface area contributed by atoms with E-state index in [-0.39, 0.29) is 24.7 Å². The number of imidazole rings is 1. The molecular weight excluding hydrogens is 443 g/mol. The van der Waals surface area contributed by atoms with Crippen LogP contribution in [-0.4, -0.2) is 47.1 Å². The Kier molecular flexibility index (Phi) is 6.44. The fourth-order valence-corrected chi connectivity index (χ4v) is 3.61. The van der Waals surface area contributed by atoms with Gasteiger partial charge in [0.15, 0.2) is 5.82 Å². The van der Waals surface area contributed by atoms with E-state index in [2.05, 4.69) is 20.6 Å². The van der Waals surface area contributed by atoms with E-state index in [0.717, 1.165) is 5.56 Å². The monoisotopic (exact) mass is 466 g/mol. The molecule has 2 aromatic carbocycles. The number of benzene rings is 2. The third-order valence-corrected chi connectivity index (χ3v) is 5.33. The molecule has 1 aliphatic heterocycles. The van der Waals surface area contributed by atoms with E-state index in [1.54, 1.807) is 24.3 Å². The van der Waals surface area contributed by atoms with Crippen LogP contribution in [0.3, 0.4) is 0 Å². The van der Waals surface area contributed by atoms with Crippen molar-refractivity contribution >= 4 is 29.4 Å². The number of nitrogens with one attached hydrogen (secondary N) is 3. The number of nitrogens with two attached hydrogens (primary N) is 1. The molecule has 1 aliphatic rings. The van der Waals surface area contributed by atoms with Gasteiger partial charge in [-0.3, -0.25) is 14.5 Å². The van der Waals surface area contributed by atoms with E-state index in [1.807, 2.05) is 12.1 Å². The largest absolute Gasteiger partial charge is 0.442 e. The van der Waals surface area contributed by atoms with E-state index in [0.29, 0.717) is 29.2 Å². The molecule has 0 spiro atoms. The minimum atomic E-state index is -0.611. The zero-order chi connectivity index (χ0) is 24.2. The number of carbonyl (C=O) groups excluding carboxylic acids is 3. The van der Waals surface area contributed by atoms with Crippen LogP contribution in [0.5, 0.6) is 0 Å². The molecule has 0 radical (unpaired) electrons. The fraction of sp³-hybridized carbons (Fsp3) is 0.217. The quantitative estimate of drug-likeness (QED) is 0.402. The highest BCUT2D eigenvalue weighted by Gasteiger charge is 2.32. The molecule has 34 heavy (non-hydrogen) atoms. The van der Waals surface area contributed by atoms with Crippen molar-refractivity contribution in [2.75, 3.05) is 23.3 Å². The number of hydrogen-bond acceptors (Lipinski definition) is 6. The van der Waals surface area contributed by atoms with Crippen LogP contribution in [0.25, 0.3) is 11.1 Å². The minimum Gasteiger partial charge on any atom is -0.442 e. The first-order valence-corrected chi connectivity index (χ1v) is 10.5. The second kappa shape index (κ2) is 9.61. The van der Waals surface area contributed by atoms with Gasteiger partial charge in [-0.25, -0.2) is 14.2 Å². The molecule has 11 heteroatoms. The lowest BCUT2D eigenvalue weighted by Crippen LogP contribution is -2.33. The van der Waals surface area contributed by atoms with Gasteiger partial charge in [-0.1, -0.05) is 24.3 Å². The number of carbonyl (C=O) groups is 3. The molecule has 2 heterocycles. The summed E-state index contributed by atoms with van der Waals surface area (Å²) in [6, 6.07) is 11.8. The van der Waals surface area contributed by atoms with Crippen LogP contribution in [0, 0.1) is 5.82 Å². The third kappa shape index (κ3) is 4.98. The van der Waals surface area contributed by atoms with Gasteiger partial charge in [0.05, 0.1) is 25.1 Å². The second-order valence-electron chi connectivity index (χ2n) is 7.76. The molecule has 0 aliphatic carbocycles. The molecule has 1 aromatic heterocycles. The van der Waals surface area contributed by atoms with E-state index < -0.39 is 23.9 Å². The first kappa shape index (κ1) is 22.8. The van der Waals surface area contributed by atoms with Crippen LogP contribution in [0.1, 0.15) is 23.0 Å². The maximum atomic E-state index is 14.9. The van der Waals surface area contributed by atoms with Gasteiger partial charge in [-0.2, -0.15) is 0 Å². The minimum absolute atomic E-state index is 0.196. The fourth-order valence-electron chi connectivity index (χ4n) is 3.61. The van der Waals surface area contributed by atoms with E-state index in [1.165, 1.54) is 24.2 Å². The smallest absolute Gasteiger partial charge is 0.414 e. The van der Waals surface area contributed by atoms with Crippen molar-refractivity contribution in [3.63, 3.8) is 0 Å². The topological polar surface area (TPSA) is 142 Å². The molecule has 3 amide bonds. The molecule has 1 fully saturated rings. The van der Waals surface area contributed by atoms with Gasteiger partial charge in [-0.15, -0.1) is 0 Å². The predicted octanol–water partition coefficient (Wildman–Crippen LogP) is 2.39. The lowest BCUT2D eigenvalue weighted by atomic mass is 10.0. The van der Waals surface area contributed by atoms with Gasteiger partial charge in [0.25, 0.3) is 5.91 Å². The second-order valence-corrected chi connectivity index (χ2v) is 7.76. The van der Waals surface area contributed by atoms with Crippen molar-refractivity contribution < 1.29 is 23.5 Å². The number of aromatic nitrogens is 2. The van der Waals surface area contributed by atoms with Crippen LogP contribution in [0.15, 0.2) is 48.8 Å². The average molecular weight is 466 g/mol. The van der Waals surface area contributed by atoms with E-state index >= 15 is 0 Å². The first-order chi connectivity index (χ1) is 16.3. The molecule has 176 valence electrons. The molecule has 4 rings (SSSR count). The SMILES string of the molecule is CC(=O)NC[C@H]1CN(c2ccc(-c3ccc(CNc4nc[nH]c4C(N)=O)cc3)c(F)c2)C(=O)O1. The zero-order valence-corrected chi connectivity index (χ0v) is 18.3. The standard InChI is InChI=1S/C23H23FN6O4/c1-13(31)26-10-17-11-30(23(33)34-17)16-6-7-18(19(24)8-16)15-4-2-14(3-5-15)9-27-22-20(21(25)32)28-12-29-22/h2-8,12,17,27H,9-11H2,1H3,(H2,25,32)(H,26,31)(H,28,29)/t17-/m0/s1. The summed E-state index contributed by atoms with van der Waals surface area (Å²) in [5.74, 6) is -0.954. The van der Waals surface area contributed by atoms with Crippen molar-refractivity contribution in [1.29, 1.82) is 0 Å². The van der Waals surface area contributed by atoms with Crippen LogP contribution in [0.4, 0.5) is 20.7 Å².